The van der Waals surface area contributed by atoms with E-state index in [1.807, 2.05) is 64.1 Å². The average Bonchev–Trinajstić information content (AvgIpc) is 2.77. The van der Waals surface area contributed by atoms with Crippen molar-refractivity contribution >= 4 is 16.8 Å². The predicted octanol–water partition coefficient (Wildman–Crippen LogP) is 5.88. The van der Waals surface area contributed by atoms with Crippen LogP contribution in [0.25, 0.3) is 22.0 Å². The summed E-state index contributed by atoms with van der Waals surface area (Å²) in [6.07, 6.45) is -1.02. The molecule has 1 aromatic heterocycles. The van der Waals surface area contributed by atoms with Crippen LogP contribution in [0.5, 0.6) is 0 Å². The molecule has 1 unspecified atom stereocenters. The molecule has 0 aliphatic rings. The van der Waals surface area contributed by atoms with E-state index in [0.717, 1.165) is 22.2 Å². The van der Waals surface area contributed by atoms with Gasteiger partial charge in [-0.1, -0.05) is 30.3 Å². The molecular weight excluding hydrogens is 415 g/mol. The number of hydrogen-bond donors (Lipinski definition) is 2. The molecule has 0 bridgehead atoms. The lowest BCUT2D eigenvalue weighted by Gasteiger charge is -2.18. The first kappa shape index (κ1) is 22.6. The highest BCUT2D eigenvalue weighted by Gasteiger charge is 2.19. The SMILES string of the molecule is Cc1ccc(-c2cc(C(=O)NC(C)C)cc(C(O)c3cccc4nc(C)ccc34)c2)c(F)c1. The van der Waals surface area contributed by atoms with Gasteiger partial charge in [-0.05, 0) is 86.3 Å². The van der Waals surface area contributed by atoms with Crippen LogP contribution in [0.1, 0.15) is 52.7 Å². The summed E-state index contributed by atoms with van der Waals surface area (Å²) in [4.78, 5) is 17.4. The van der Waals surface area contributed by atoms with Gasteiger partial charge >= 0.3 is 0 Å². The quantitative estimate of drug-likeness (QED) is 0.406. The molecule has 1 amide bonds. The van der Waals surface area contributed by atoms with Gasteiger partial charge in [0.2, 0.25) is 0 Å². The second kappa shape index (κ2) is 9.12. The summed E-state index contributed by atoms with van der Waals surface area (Å²) in [6, 6.07) is 19.4. The Morgan fingerprint density at radius 3 is 2.52 bits per heavy atom. The van der Waals surface area contributed by atoms with Crippen molar-refractivity contribution in [3.05, 3.63) is 100 Å². The molecule has 4 nitrogen and oxygen atoms in total. The Balaban J connectivity index is 1.87. The first-order chi connectivity index (χ1) is 15.7. The zero-order valence-corrected chi connectivity index (χ0v) is 19.2. The lowest BCUT2D eigenvalue weighted by molar-refractivity contribution is 0.0943. The van der Waals surface area contributed by atoms with E-state index in [4.69, 9.17) is 0 Å². The van der Waals surface area contributed by atoms with E-state index in [2.05, 4.69) is 10.3 Å². The number of benzene rings is 3. The van der Waals surface area contributed by atoms with Gasteiger partial charge in [-0.25, -0.2) is 4.39 Å². The third-order valence-corrected chi connectivity index (χ3v) is 5.59. The van der Waals surface area contributed by atoms with Crippen LogP contribution < -0.4 is 5.32 Å². The maximum Gasteiger partial charge on any atom is 0.251 e. The minimum Gasteiger partial charge on any atom is -0.384 e. The second-order valence-corrected chi connectivity index (χ2v) is 8.72. The Bertz CT molecular complexity index is 1350. The number of halogens is 1. The van der Waals surface area contributed by atoms with Gasteiger partial charge in [-0.3, -0.25) is 9.78 Å². The monoisotopic (exact) mass is 442 g/mol. The summed E-state index contributed by atoms with van der Waals surface area (Å²) in [5, 5.41) is 15.1. The van der Waals surface area contributed by atoms with Crippen LogP contribution in [-0.4, -0.2) is 22.0 Å². The summed E-state index contributed by atoms with van der Waals surface area (Å²) in [5.41, 5.74) is 4.94. The van der Waals surface area contributed by atoms with Crippen LogP contribution >= 0.6 is 0 Å². The summed E-state index contributed by atoms with van der Waals surface area (Å²) in [7, 11) is 0. The van der Waals surface area contributed by atoms with E-state index in [1.54, 1.807) is 24.3 Å². The van der Waals surface area contributed by atoms with E-state index in [0.29, 0.717) is 27.8 Å². The fraction of sp³-hybridized carbons (Fsp3) is 0.214. The van der Waals surface area contributed by atoms with E-state index in [9.17, 15) is 14.3 Å². The molecule has 4 rings (SSSR count). The normalized spacial score (nSPS) is 12.2. The number of carbonyl (C=O) groups excluding carboxylic acids is 1. The molecular formula is C28H27FN2O2. The minimum atomic E-state index is -1.02. The standard InChI is InChI=1S/C28H27FN2O2/c1-16(2)30-28(33)21-14-19(22-10-8-17(3)12-25(22)29)13-20(15-21)27(32)24-6-5-7-26-23(24)11-9-18(4)31-26/h5-16,27,32H,1-4H3,(H,30,33). The molecule has 3 aromatic carbocycles. The summed E-state index contributed by atoms with van der Waals surface area (Å²) in [6.45, 7) is 7.50. The average molecular weight is 443 g/mol. The number of aromatic nitrogens is 1. The number of aryl methyl sites for hydroxylation is 2. The summed E-state index contributed by atoms with van der Waals surface area (Å²) < 4.78 is 14.8. The topological polar surface area (TPSA) is 62.2 Å². The van der Waals surface area contributed by atoms with Gasteiger partial charge in [0.15, 0.2) is 0 Å². The Labute approximate surface area is 193 Å². The van der Waals surface area contributed by atoms with Crippen molar-refractivity contribution in [2.24, 2.45) is 0 Å². The Kier molecular flexibility index (Phi) is 6.25. The lowest BCUT2D eigenvalue weighted by atomic mass is 9.92. The predicted molar refractivity (Wildman–Crippen MR) is 130 cm³/mol. The van der Waals surface area contributed by atoms with Crippen molar-refractivity contribution in [1.29, 1.82) is 0 Å². The number of nitrogens with zero attached hydrogens (tertiary/aromatic N) is 1. The van der Waals surface area contributed by atoms with Gasteiger partial charge in [0, 0.05) is 28.2 Å². The van der Waals surface area contributed by atoms with Crippen molar-refractivity contribution < 1.29 is 14.3 Å². The Morgan fingerprint density at radius 2 is 1.79 bits per heavy atom. The first-order valence-electron chi connectivity index (χ1n) is 11.0. The highest BCUT2D eigenvalue weighted by atomic mass is 19.1. The molecule has 168 valence electrons. The minimum absolute atomic E-state index is 0.0574. The zero-order valence-electron chi connectivity index (χ0n) is 19.2. The van der Waals surface area contributed by atoms with Crippen LogP contribution in [0, 0.1) is 19.7 Å². The van der Waals surface area contributed by atoms with Crippen LogP contribution in [-0.2, 0) is 0 Å². The van der Waals surface area contributed by atoms with Crippen molar-refractivity contribution in [2.75, 3.05) is 0 Å². The van der Waals surface area contributed by atoms with Gasteiger partial charge in [-0.15, -0.1) is 0 Å². The second-order valence-electron chi connectivity index (χ2n) is 8.72. The van der Waals surface area contributed by atoms with Gasteiger partial charge in [0.1, 0.15) is 11.9 Å². The number of pyridine rings is 1. The fourth-order valence-electron chi connectivity index (χ4n) is 3.99. The highest BCUT2D eigenvalue weighted by Crippen LogP contribution is 2.33. The molecule has 1 atom stereocenters. The lowest BCUT2D eigenvalue weighted by Crippen LogP contribution is -2.30. The number of rotatable bonds is 5. The van der Waals surface area contributed by atoms with Crippen LogP contribution in [0.15, 0.2) is 66.7 Å². The third-order valence-electron chi connectivity index (χ3n) is 5.59. The maximum atomic E-state index is 14.8. The molecule has 0 saturated carbocycles. The molecule has 0 aliphatic carbocycles. The number of amides is 1. The molecule has 4 aromatic rings. The van der Waals surface area contributed by atoms with E-state index in [-0.39, 0.29) is 17.8 Å². The molecule has 0 fully saturated rings. The van der Waals surface area contributed by atoms with Gasteiger partial charge in [0.05, 0.1) is 5.52 Å². The van der Waals surface area contributed by atoms with Crippen LogP contribution in [0.4, 0.5) is 4.39 Å². The van der Waals surface area contributed by atoms with Crippen molar-refractivity contribution in [2.45, 2.75) is 39.8 Å². The Hall–Kier alpha value is -3.57. The van der Waals surface area contributed by atoms with Gasteiger partial charge < -0.3 is 10.4 Å². The smallest absolute Gasteiger partial charge is 0.251 e. The van der Waals surface area contributed by atoms with Crippen LogP contribution in [0.2, 0.25) is 0 Å². The molecule has 2 N–H and O–H groups in total. The number of aliphatic hydroxyl groups excluding tert-OH is 1. The molecule has 0 spiro atoms. The molecule has 0 saturated heterocycles. The molecule has 0 aliphatic heterocycles. The fourth-order valence-corrected chi connectivity index (χ4v) is 3.99. The largest absolute Gasteiger partial charge is 0.384 e. The molecule has 0 radical (unpaired) electrons. The van der Waals surface area contributed by atoms with Crippen molar-refractivity contribution in [3.8, 4) is 11.1 Å². The van der Waals surface area contributed by atoms with Gasteiger partial charge in [0.25, 0.3) is 5.91 Å². The summed E-state index contributed by atoms with van der Waals surface area (Å²) >= 11 is 0. The van der Waals surface area contributed by atoms with E-state index in [1.165, 1.54) is 6.07 Å². The molecule has 33 heavy (non-hydrogen) atoms. The zero-order chi connectivity index (χ0) is 23.7. The number of carbonyl (C=O) groups is 1. The van der Waals surface area contributed by atoms with E-state index < -0.39 is 6.10 Å². The highest BCUT2D eigenvalue weighted by molar-refractivity contribution is 5.96. The third kappa shape index (κ3) is 4.78. The van der Waals surface area contributed by atoms with E-state index >= 15 is 0 Å². The van der Waals surface area contributed by atoms with Gasteiger partial charge in [-0.2, -0.15) is 0 Å². The molecule has 1 heterocycles. The number of aliphatic hydroxyl groups is 1. The number of fused-ring (bicyclic) bond motifs is 1. The Morgan fingerprint density at radius 1 is 1.00 bits per heavy atom. The van der Waals surface area contributed by atoms with Crippen molar-refractivity contribution in [3.63, 3.8) is 0 Å². The van der Waals surface area contributed by atoms with Crippen molar-refractivity contribution in [1.82, 2.24) is 10.3 Å². The molecule has 5 heteroatoms. The maximum absolute atomic E-state index is 14.8. The summed E-state index contributed by atoms with van der Waals surface area (Å²) in [5.74, 6) is -0.648. The number of hydrogen-bond acceptors (Lipinski definition) is 3. The number of nitrogens with one attached hydrogen (secondary N) is 1. The first-order valence-corrected chi connectivity index (χ1v) is 11.0. The van der Waals surface area contributed by atoms with Crippen LogP contribution in [0.3, 0.4) is 0 Å².